The zero-order valence-corrected chi connectivity index (χ0v) is 20.8. The standard InChI is InChI=1S/C28H29N2O4P/c1-4-24-19-22(2)20-28(30(24)21-23-15-17-25(32-3)18-16-23)29-35(31,33-26-11-7-5-8-12-26)34-27-13-9-6-10-14-27/h4-19,24H,1,20-21H2,2-3H3/b29-28-. The molecule has 4 rings (SSSR count). The number of methoxy groups -OCH3 is 1. The molecular formula is C28H29N2O4P. The highest BCUT2D eigenvalue weighted by Gasteiger charge is 2.33. The van der Waals surface area contributed by atoms with Crippen LogP contribution in [0.25, 0.3) is 0 Å². The lowest BCUT2D eigenvalue weighted by atomic mass is 10.0. The van der Waals surface area contributed by atoms with Crippen molar-refractivity contribution in [3.05, 3.63) is 115 Å². The fraction of sp³-hybridized carbons (Fsp3) is 0.179. The topological polar surface area (TPSA) is 60.4 Å². The van der Waals surface area contributed by atoms with E-state index >= 15 is 0 Å². The van der Waals surface area contributed by atoms with Gasteiger partial charge in [0, 0.05) is 13.0 Å². The Kier molecular flexibility index (Phi) is 7.74. The predicted molar refractivity (Wildman–Crippen MR) is 140 cm³/mol. The molecule has 0 fully saturated rings. The molecule has 0 bridgehead atoms. The van der Waals surface area contributed by atoms with Crippen LogP contribution in [-0.2, 0) is 11.1 Å². The third-order valence-electron chi connectivity index (χ3n) is 5.50. The normalized spacial score (nSPS) is 17.0. The van der Waals surface area contributed by atoms with Crippen LogP contribution in [0.1, 0.15) is 18.9 Å². The SMILES string of the molecule is C=CC1C=C(C)C/C(=N/P(=O)(Oc2ccccc2)Oc2ccccc2)N1Cc1ccc(OC)cc1. The molecule has 0 saturated heterocycles. The zero-order chi connectivity index (χ0) is 24.7. The first-order valence-electron chi connectivity index (χ1n) is 11.4. The van der Waals surface area contributed by atoms with Crippen LogP contribution in [0.15, 0.2) is 114 Å². The first-order valence-corrected chi connectivity index (χ1v) is 12.9. The fourth-order valence-electron chi connectivity index (χ4n) is 3.81. The van der Waals surface area contributed by atoms with Crippen molar-refractivity contribution in [2.24, 2.45) is 4.76 Å². The van der Waals surface area contributed by atoms with Crippen LogP contribution < -0.4 is 13.8 Å². The Morgan fingerprint density at radius 2 is 1.51 bits per heavy atom. The predicted octanol–water partition coefficient (Wildman–Crippen LogP) is 7.07. The van der Waals surface area contributed by atoms with Crippen molar-refractivity contribution in [3.63, 3.8) is 0 Å². The molecule has 1 aliphatic rings. The van der Waals surface area contributed by atoms with Gasteiger partial charge in [-0.15, -0.1) is 11.3 Å². The van der Waals surface area contributed by atoms with E-state index in [2.05, 4.69) is 22.3 Å². The highest BCUT2D eigenvalue weighted by molar-refractivity contribution is 7.53. The zero-order valence-electron chi connectivity index (χ0n) is 19.9. The lowest BCUT2D eigenvalue weighted by Crippen LogP contribution is -2.40. The van der Waals surface area contributed by atoms with Gasteiger partial charge in [-0.1, -0.05) is 66.3 Å². The van der Waals surface area contributed by atoms with E-state index in [4.69, 9.17) is 13.8 Å². The molecule has 1 unspecified atom stereocenters. The highest BCUT2D eigenvalue weighted by atomic mass is 31.2. The monoisotopic (exact) mass is 488 g/mol. The smallest absolute Gasteiger partial charge is 0.497 e. The van der Waals surface area contributed by atoms with Crippen LogP contribution in [-0.4, -0.2) is 23.9 Å². The van der Waals surface area contributed by atoms with Gasteiger partial charge in [0.25, 0.3) is 0 Å². The van der Waals surface area contributed by atoms with E-state index in [9.17, 15) is 4.57 Å². The third kappa shape index (κ3) is 6.43. The highest BCUT2D eigenvalue weighted by Crippen LogP contribution is 2.51. The average Bonchev–Trinajstić information content (AvgIpc) is 2.86. The molecular weight excluding hydrogens is 459 g/mol. The molecule has 0 amide bonds. The maximum Gasteiger partial charge on any atom is 0.564 e. The van der Waals surface area contributed by atoms with Crippen molar-refractivity contribution >= 4 is 13.6 Å². The van der Waals surface area contributed by atoms with Crippen molar-refractivity contribution < 1.29 is 18.3 Å². The minimum atomic E-state index is -3.99. The number of hydrogen-bond donors (Lipinski definition) is 0. The van der Waals surface area contributed by atoms with Gasteiger partial charge in [-0.2, -0.15) is 0 Å². The van der Waals surface area contributed by atoms with E-state index in [-0.39, 0.29) is 6.04 Å². The van der Waals surface area contributed by atoms with Gasteiger partial charge in [0.1, 0.15) is 23.1 Å². The second-order valence-corrected chi connectivity index (χ2v) is 9.69. The summed E-state index contributed by atoms with van der Waals surface area (Å²) in [5.74, 6) is 2.23. The summed E-state index contributed by atoms with van der Waals surface area (Å²) in [5.41, 5.74) is 2.16. The Labute approximate surface area is 206 Å². The number of rotatable bonds is 9. The molecule has 0 aliphatic carbocycles. The number of nitrogens with zero attached hydrogens (tertiary/aromatic N) is 2. The molecule has 0 radical (unpaired) electrons. The van der Waals surface area contributed by atoms with Crippen molar-refractivity contribution in [3.8, 4) is 17.2 Å². The Bertz CT molecular complexity index is 1200. The summed E-state index contributed by atoms with van der Waals surface area (Å²) in [6, 6.07) is 25.6. The van der Waals surface area contributed by atoms with Gasteiger partial charge in [-0.25, -0.2) is 4.57 Å². The van der Waals surface area contributed by atoms with Gasteiger partial charge in [0.05, 0.1) is 13.2 Å². The summed E-state index contributed by atoms with van der Waals surface area (Å²) in [4.78, 5) is 2.07. The molecule has 3 aromatic carbocycles. The molecule has 3 aromatic rings. The first kappa shape index (κ1) is 24.4. The largest absolute Gasteiger partial charge is 0.564 e. The van der Waals surface area contributed by atoms with Crippen molar-refractivity contribution in [1.82, 2.24) is 4.90 Å². The molecule has 35 heavy (non-hydrogen) atoms. The van der Waals surface area contributed by atoms with Gasteiger partial charge in [-0.3, -0.25) is 0 Å². The van der Waals surface area contributed by atoms with Crippen molar-refractivity contribution in [1.29, 1.82) is 0 Å². The molecule has 0 spiro atoms. The molecule has 0 saturated carbocycles. The maximum absolute atomic E-state index is 14.1. The molecule has 7 heteroatoms. The summed E-state index contributed by atoms with van der Waals surface area (Å²) in [6.07, 6.45) is 4.50. The van der Waals surface area contributed by atoms with E-state index in [1.165, 1.54) is 0 Å². The van der Waals surface area contributed by atoms with Crippen molar-refractivity contribution in [2.75, 3.05) is 7.11 Å². The van der Waals surface area contributed by atoms with Gasteiger partial charge in [0.15, 0.2) is 0 Å². The minimum absolute atomic E-state index is 0.119. The number of amidine groups is 1. The van der Waals surface area contributed by atoms with Crippen LogP contribution in [0.5, 0.6) is 17.2 Å². The van der Waals surface area contributed by atoms with E-state index in [0.717, 1.165) is 16.9 Å². The number of ether oxygens (including phenoxy) is 1. The average molecular weight is 489 g/mol. The maximum atomic E-state index is 14.1. The van der Waals surface area contributed by atoms with Gasteiger partial charge in [-0.05, 0) is 48.9 Å². The Balaban J connectivity index is 1.72. The Hall–Kier alpha value is -3.76. The van der Waals surface area contributed by atoms with Gasteiger partial charge < -0.3 is 18.7 Å². The lowest BCUT2D eigenvalue weighted by Gasteiger charge is -2.35. The summed E-state index contributed by atoms with van der Waals surface area (Å²) in [7, 11) is -2.34. The summed E-state index contributed by atoms with van der Waals surface area (Å²) < 4.78 is 35.8. The van der Waals surface area contributed by atoms with Crippen LogP contribution >= 0.6 is 7.75 Å². The molecule has 1 heterocycles. The number of hydrogen-bond acceptors (Lipinski definition) is 4. The van der Waals surface area contributed by atoms with E-state index in [1.54, 1.807) is 31.4 Å². The summed E-state index contributed by atoms with van der Waals surface area (Å²) in [5, 5.41) is 0. The Morgan fingerprint density at radius 3 is 2.03 bits per heavy atom. The molecule has 0 N–H and O–H groups in total. The van der Waals surface area contributed by atoms with E-state index < -0.39 is 7.75 Å². The van der Waals surface area contributed by atoms with Crippen molar-refractivity contribution in [2.45, 2.75) is 25.9 Å². The van der Waals surface area contributed by atoms with Crippen LogP contribution in [0.4, 0.5) is 0 Å². The van der Waals surface area contributed by atoms with Gasteiger partial charge in [0.2, 0.25) is 0 Å². The molecule has 1 aliphatic heterocycles. The summed E-state index contributed by atoms with van der Waals surface area (Å²) >= 11 is 0. The van der Waals surface area contributed by atoms with Crippen LogP contribution in [0, 0.1) is 0 Å². The first-order chi connectivity index (χ1) is 17.0. The van der Waals surface area contributed by atoms with Crippen LogP contribution in [0.2, 0.25) is 0 Å². The Morgan fingerprint density at radius 1 is 0.943 bits per heavy atom. The second kappa shape index (κ2) is 11.1. The summed E-state index contributed by atoms with van der Waals surface area (Å²) in [6.45, 7) is 6.58. The molecule has 0 aromatic heterocycles. The quantitative estimate of drug-likeness (QED) is 0.238. The van der Waals surface area contributed by atoms with E-state index in [0.29, 0.717) is 30.3 Å². The minimum Gasteiger partial charge on any atom is -0.497 e. The molecule has 180 valence electrons. The molecule has 1 atom stereocenters. The number of benzene rings is 3. The third-order valence-corrected chi connectivity index (χ3v) is 6.86. The van der Waals surface area contributed by atoms with Crippen LogP contribution in [0.3, 0.4) is 0 Å². The van der Waals surface area contributed by atoms with E-state index in [1.807, 2.05) is 73.7 Å². The second-order valence-electron chi connectivity index (χ2n) is 8.19. The van der Waals surface area contributed by atoms with Gasteiger partial charge >= 0.3 is 7.75 Å². The number of para-hydroxylation sites is 2. The lowest BCUT2D eigenvalue weighted by molar-refractivity contribution is 0.369. The fourth-order valence-corrected chi connectivity index (χ4v) is 5.17. The molecule has 6 nitrogen and oxygen atoms in total.